The first-order chi connectivity index (χ1) is 10.6. The quantitative estimate of drug-likeness (QED) is 0.670. The molecule has 3 aromatic rings. The Kier molecular flexibility index (Phi) is 4.20. The molecule has 0 amide bonds. The summed E-state index contributed by atoms with van der Waals surface area (Å²) < 4.78 is 25.0. The summed E-state index contributed by atoms with van der Waals surface area (Å²) in [5, 5.41) is 8.02. The fourth-order valence-electron chi connectivity index (χ4n) is 1.91. The molecule has 0 saturated heterocycles. The van der Waals surface area contributed by atoms with E-state index in [2.05, 4.69) is 26.1 Å². The third-order valence-electron chi connectivity index (χ3n) is 3.01. The Labute approximate surface area is 135 Å². The summed E-state index contributed by atoms with van der Waals surface area (Å²) in [5.74, 6) is 0.962. The number of hydrogen-bond donors (Lipinski definition) is 0. The van der Waals surface area contributed by atoms with Crippen molar-refractivity contribution >= 4 is 15.9 Å². The van der Waals surface area contributed by atoms with Gasteiger partial charge in [0, 0.05) is 5.56 Å². The van der Waals surface area contributed by atoms with Gasteiger partial charge in [0.15, 0.2) is 6.10 Å². The molecule has 0 spiro atoms. The number of hydrogen-bond acceptors (Lipinski definition) is 4. The van der Waals surface area contributed by atoms with Crippen molar-refractivity contribution in [3.05, 3.63) is 64.7 Å². The van der Waals surface area contributed by atoms with E-state index in [-0.39, 0.29) is 5.82 Å². The zero-order valence-electron chi connectivity index (χ0n) is 11.7. The third kappa shape index (κ3) is 3.17. The molecular weight excluding hydrogens is 351 g/mol. The van der Waals surface area contributed by atoms with Crippen LogP contribution in [0.15, 0.2) is 57.4 Å². The fraction of sp³-hybridized carbons (Fsp3) is 0.125. The maximum atomic E-state index is 13.1. The predicted octanol–water partition coefficient (Wildman–Crippen LogP) is 4.78. The van der Waals surface area contributed by atoms with E-state index in [4.69, 9.17) is 9.15 Å². The van der Waals surface area contributed by atoms with E-state index in [1.807, 2.05) is 30.3 Å². The van der Waals surface area contributed by atoms with E-state index in [1.54, 1.807) is 13.0 Å². The highest BCUT2D eigenvalue weighted by molar-refractivity contribution is 9.10. The lowest BCUT2D eigenvalue weighted by Gasteiger charge is -2.12. The van der Waals surface area contributed by atoms with Crippen LogP contribution in [0.5, 0.6) is 5.75 Å². The van der Waals surface area contributed by atoms with Crippen molar-refractivity contribution in [2.24, 2.45) is 0 Å². The second-order valence-electron chi connectivity index (χ2n) is 4.65. The highest BCUT2D eigenvalue weighted by atomic mass is 79.9. The van der Waals surface area contributed by atoms with Gasteiger partial charge in [-0.2, -0.15) is 0 Å². The van der Waals surface area contributed by atoms with E-state index < -0.39 is 6.10 Å². The monoisotopic (exact) mass is 362 g/mol. The minimum atomic E-state index is -0.452. The molecule has 6 heteroatoms. The Bertz CT molecular complexity index is 777. The second kappa shape index (κ2) is 6.27. The van der Waals surface area contributed by atoms with E-state index in [1.165, 1.54) is 12.1 Å². The van der Waals surface area contributed by atoms with Crippen LogP contribution in [-0.4, -0.2) is 10.2 Å². The molecule has 0 aliphatic carbocycles. The van der Waals surface area contributed by atoms with Crippen molar-refractivity contribution in [1.82, 2.24) is 10.2 Å². The Morgan fingerprint density at radius 3 is 2.64 bits per heavy atom. The number of benzene rings is 2. The van der Waals surface area contributed by atoms with Crippen molar-refractivity contribution in [3.8, 4) is 17.2 Å². The first-order valence-corrected chi connectivity index (χ1v) is 7.43. The van der Waals surface area contributed by atoms with Crippen LogP contribution in [0.4, 0.5) is 4.39 Å². The van der Waals surface area contributed by atoms with Crippen LogP contribution in [0.25, 0.3) is 11.5 Å². The average Bonchev–Trinajstić information content (AvgIpc) is 3.01. The smallest absolute Gasteiger partial charge is 0.257 e. The molecular formula is C16H12BrFN2O2. The third-order valence-corrected chi connectivity index (χ3v) is 3.63. The van der Waals surface area contributed by atoms with Crippen molar-refractivity contribution in [3.63, 3.8) is 0 Å². The Hall–Kier alpha value is -2.21. The SMILES string of the molecule is CC(Oc1ccc(F)cc1Br)c1nnc(-c2ccccc2)o1. The molecule has 2 aromatic carbocycles. The molecule has 0 aliphatic rings. The topological polar surface area (TPSA) is 48.2 Å². The van der Waals surface area contributed by atoms with Crippen LogP contribution in [0, 0.1) is 5.82 Å². The summed E-state index contributed by atoms with van der Waals surface area (Å²) in [6, 6.07) is 13.7. The van der Waals surface area contributed by atoms with Crippen molar-refractivity contribution in [2.75, 3.05) is 0 Å². The summed E-state index contributed by atoms with van der Waals surface area (Å²) in [6.07, 6.45) is -0.452. The highest BCUT2D eigenvalue weighted by Gasteiger charge is 2.17. The molecule has 3 rings (SSSR count). The van der Waals surface area contributed by atoms with Crippen molar-refractivity contribution in [1.29, 1.82) is 0 Å². The molecule has 4 nitrogen and oxygen atoms in total. The second-order valence-corrected chi connectivity index (χ2v) is 5.50. The predicted molar refractivity (Wildman–Crippen MR) is 82.9 cm³/mol. The molecule has 0 aliphatic heterocycles. The van der Waals surface area contributed by atoms with Crippen LogP contribution in [-0.2, 0) is 0 Å². The number of rotatable bonds is 4. The van der Waals surface area contributed by atoms with Crippen LogP contribution in [0.1, 0.15) is 18.9 Å². The molecule has 0 radical (unpaired) electrons. The van der Waals surface area contributed by atoms with Gasteiger partial charge in [-0.1, -0.05) is 18.2 Å². The fourth-order valence-corrected chi connectivity index (χ4v) is 2.35. The maximum absolute atomic E-state index is 13.1. The number of aromatic nitrogens is 2. The van der Waals surface area contributed by atoms with Gasteiger partial charge in [0.05, 0.1) is 4.47 Å². The van der Waals surface area contributed by atoms with Gasteiger partial charge in [-0.3, -0.25) is 0 Å². The number of ether oxygens (including phenoxy) is 1. The van der Waals surface area contributed by atoms with Gasteiger partial charge in [0.1, 0.15) is 11.6 Å². The van der Waals surface area contributed by atoms with E-state index in [0.29, 0.717) is 22.0 Å². The molecule has 0 N–H and O–H groups in total. The van der Waals surface area contributed by atoms with E-state index in [9.17, 15) is 4.39 Å². The Morgan fingerprint density at radius 2 is 1.91 bits per heavy atom. The molecule has 1 atom stereocenters. The molecule has 1 heterocycles. The van der Waals surface area contributed by atoms with Gasteiger partial charge in [-0.15, -0.1) is 10.2 Å². The first kappa shape index (κ1) is 14.7. The van der Waals surface area contributed by atoms with E-state index in [0.717, 1.165) is 5.56 Å². The van der Waals surface area contributed by atoms with Gasteiger partial charge in [-0.25, -0.2) is 4.39 Å². The van der Waals surface area contributed by atoms with Crippen LogP contribution in [0.2, 0.25) is 0 Å². The van der Waals surface area contributed by atoms with Gasteiger partial charge >= 0.3 is 0 Å². The molecule has 1 aromatic heterocycles. The van der Waals surface area contributed by atoms with Crippen LogP contribution < -0.4 is 4.74 Å². The van der Waals surface area contributed by atoms with Gasteiger partial charge in [0.2, 0.25) is 5.89 Å². The minimum Gasteiger partial charge on any atom is -0.480 e. The largest absolute Gasteiger partial charge is 0.480 e. The van der Waals surface area contributed by atoms with Crippen molar-refractivity contribution in [2.45, 2.75) is 13.0 Å². The lowest BCUT2D eigenvalue weighted by atomic mass is 10.2. The van der Waals surface area contributed by atoms with Crippen LogP contribution in [0.3, 0.4) is 0 Å². The standard InChI is InChI=1S/C16H12BrFN2O2/c1-10(21-14-8-7-12(18)9-13(14)17)15-19-20-16(22-15)11-5-3-2-4-6-11/h2-10H,1H3. The van der Waals surface area contributed by atoms with Gasteiger partial charge in [-0.05, 0) is 53.2 Å². The number of halogens is 2. The normalized spacial score (nSPS) is 12.1. The summed E-state index contributed by atoms with van der Waals surface area (Å²) in [4.78, 5) is 0. The molecule has 22 heavy (non-hydrogen) atoms. The first-order valence-electron chi connectivity index (χ1n) is 6.64. The van der Waals surface area contributed by atoms with Gasteiger partial charge in [0.25, 0.3) is 5.89 Å². The summed E-state index contributed by atoms with van der Waals surface area (Å²) in [5.41, 5.74) is 0.844. The molecule has 0 saturated carbocycles. The molecule has 0 bridgehead atoms. The average molecular weight is 363 g/mol. The van der Waals surface area contributed by atoms with E-state index >= 15 is 0 Å². The summed E-state index contributed by atoms with van der Waals surface area (Å²) >= 11 is 3.26. The Morgan fingerprint density at radius 1 is 1.14 bits per heavy atom. The summed E-state index contributed by atoms with van der Waals surface area (Å²) in [7, 11) is 0. The molecule has 1 unspecified atom stereocenters. The highest BCUT2D eigenvalue weighted by Crippen LogP contribution is 2.30. The maximum Gasteiger partial charge on any atom is 0.257 e. The zero-order chi connectivity index (χ0) is 15.5. The number of nitrogens with zero attached hydrogens (tertiary/aromatic N) is 2. The van der Waals surface area contributed by atoms with Gasteiger partial charge < -0.3 is 9.15 Å². The lowest BCUT2D eigenvalue weighted by Crippen LogP contribution is -2.04. The van der Waals surface area contributed by atoms with Crippen LogP contribution >= 0.6 is 15.9 Å². The molecule has 0 fully saturated rings. The Balaban J connectivity index is 1.78. The minimum absolute atomic E-state index is 0.337. The lowest BCUT2D eigenvalue weighted by molar-refractivity contribution is 0.188. The molecule has 112 valence electrons. The summed E-state index contributed by atoms with van der Waals surface area (Å²) in [6.45, 7) is 1.79. The van der Waals surface area contributed by atoms with Crippen molar-refractivity contribution < 1.29 is 13.5 Å². The zero-order valence-corrected chi connectivity index (χ0v) is 13.2.